The number of carbonyl (C=O) groups excluding carboxylic acids is 2. The first-order chi connectivity index (χ1) is 15.9. The Morgan fingerprint density at radius 2 is 1.79 bits per heavy atom. The molecule has 176 valence electrons. The van der Waals surface area contributed by atoms with E-state index in [0.29, 0.717) is 21.4 Å². The first kappa shape index (κ1) is 23.9. The van der Waals surface area contributed by atoms with Crippen LogP contribution in [0.1, 0.15) is 54.4 Å². The molecule has 0 radical (unpaired) electrons. The number of hydrogen-bond acceptors (Lipinski definition) is 7. The van der Waals surface area contributed by atoms with E-state index in [-0.39, 0.29) is 22.8 Å². The first-order valence-electron chi connectivity index (χ1n) is 10.6. The van der Waals surface area contributed by atoms with Gasteiger partial charge in [0.25, 0.3) is 5.91 Å². The molecule has 0 fully saturated rings. The number of nitrogens with zero attached hydrogens (tertiary/aromatic N) is 3. The van der Waals surface area contributed by atoms with Gasteiger partial charge in [-0.3, -0.25) is 14.9 Å². The van der Waals surface area contributed by atoms with Crippen LogP contribution in [0.5, 0.6) is 0 Å². The maximum Gasteiger partial charge on any atom is 0.267 e. The van der Waals surface area contributed by atoms with Crippen molar-refractivity contribution >= 4 is 55.5 Å². The minimum absolute atomic E-state index is 0.202. The van der Waals surface area contributed by atoms with Crippen LogP contribution in [-0.2, 0) is 10.2 Å². The molecule has 0 aliphatic carbocycles. The van der Waals surface area contributed by atoms with E-state index < -0.39 is 5.82 Å². The molecule has 1 aromatic carbocycles. The lowest BCUT2D eigenvalue weighted by Crippen LogP contribution is -2.16. The van der Waals surface area contributed by atoms with Gasteiger partial charge < -0.3 is 5.32 Å². The van der Waals surface area contributed by atoms with Crippen LogP contribution in [0, 0.1) is 19.7 Å². The molecule has 10 heteroatoms. The SMILES string of the molecule is CC(=O)Nc1ccc(-c2csc(NC(=O)c3sc4nc(C(C)(C)C)nc(C)c4c3C)n2)c(F)c1. The molecule has 3 heterocycles. The lowest BCUT2D eigenvalue weighted by atomic mass is 9.95. The summed E-state index contributed by atoms with van der Waals surface area (Å²) in [7, 11) is 0. The Morgan fingerprint density at radius 3 is 2.44 bits per heavy atom. The highest BCUT2D eigenvalue weighted by Crippen LogP contribution is 2.34. The van der Waals surface area contributed by atoms with E-state index in [1.54, 1.807) is 17.5 Å². The van der Waals surface area contributed by atoms with Crippen molar-refractivity contribution in [3.05, 3.63) is 51.4 Å². The number of halogens is 1. The number of aryl methyl sites for hydroxylation is 2. The minimum atomic E-state index is -0.515. The minimum Gasteiger partial charge on any atom is -0.326 e. The van der Waals surface area contributed by atoms with Crippen molar-refractivity contribution in [3.8, 4) is 11.3 Å². The van der Waals surface area contributed by atoms with Crippen molar-refractivity contribution in [1.29, 1.82) is 0 Å². The number of carbonyl (C=O) groups is 2. The number of nitrogens with one attached hydrogen (secondary N) is 2. The van der Waals surface area contributed by atoms with Crippen molar-refractivity contribution in [2.45, 2.75) is 47.0 Å². The van der Waals surface area contributed by atoms with Crippen molar-refractivity contribution in [1.82, 2.24) is 15.0 Å². The van der Waals surface area contributed by atoms with Crippen LogP contribution < -0.4 is 10.6 Å². The molecule has 7 nitrogen and oxygen atoms in total. The Labute approximate surface area is 204 Å². The lowest BCUT2D eigenvalue weighted by Gasteiger charge is -2.16. The monoisotopic (exact) mass is 497 g/mol. The summed E-state index contributed by atoms with van der Waals surface area (Å²) in [5, 5.41) is 8.30. The number of rotatable bonds is 4. The first-order valence-corrected chi connectivity index (χ1v) is 12.3. The number of anilines is 2. The quantitative estimate of drug-likeness (QED) is 0.356. The number of amides is 2. The van der Waals surface area contributed by atoms with Crippen molar-refractivity contribution < 1.29 is 14.0 Å². The van der Waals surface area contributed by atoms with E-state index in [2.05, 4.69) is 41.4 Å². The highest BCUT2D eigenvalue weighted by molar-refractivity contribution is 7.21. The highest BCUT2D eigenvalue weighted by Gasteiger charge is 2.24. The molecule has 2 amide bonds. The van der Waals surface area contributed by atoms with Gasteiger partial charge in [0.2, 0.25) is 5.91 Å². The van der Waals surface area contributed by atoms with Gasteiger partial charge in [-0.2, -0.15) is 0 Å². The number of thiophene rings is 1. The zero-order valence-corrected chi connectivity index (χ0v) is 21.3. The summed E-state index contributed by atoms with van der Waals surface area (Å²) in [5.74, 6) is -0.349. The fraction of sp³-hybridized carbons (Fsp3) is 0.292. The molecule has 0 saturated heterocycles. The van der Waals surface area contributed by atoms with Gasteiger partial charge in [-0.15, -0.1) is 22.7 Å². The summed E-state index contributed by atoms with van der Waals surface area (Å²) >= 11 is 2.54. The summed E-state index contributed by atoms with van der Waals surface area (Å²) in [6.45, 7) is 11.3. The molecule has 3 aromatic heterocycles. The Kier molecular flexibility index (Phi) is 6.22. The average molecular weight is 498 g/mol. The third kappa shape index (κ3) is 4.69. The Bertz CT molecular complexity index is 1440. The molecular formula is C24H24FN5O2S2. The predicted octanol–water partition coefficient (Wildman–Crippen LogP) is 6.08. The summed E-state index contributed by atoms with van der Waals surface area (Å²) in [6.07, 6.45) is 0. The van der Waals surface area contributed by atoms with E-state index >= 15 is 0 Å². The second kappa shape index (κ2) is 8.84. The van der Waals surface area contributed by atoms with Crippen LogP contribution in [0.2, 0.25) is 0 Å². The van der Waals surface area contributed by atoms with Crippen molar-refractivity contribution in [2.75, 3.05) is 10.6 Å². The number of thiazole rings is 1. The maximum absolute atomic E-state index is 14.6. The van der Waals surface area contributed by atoms with Crippen LogP contribution in [0.3, 0.4) is 0 Å². The average Bonchev–Trinajstić information content (AvgIpc) is 3.31. The number of aromatic nitrogens is 3. The zero-order valence-electron chi connectivity index (χ0n) is 19.7. The second-order valence-corrected chi connectivity index (χ2v) is 10.8. The van der Waals surface area contributed by atoms with Gasteiger partial charge >= 0.3 is 0 Å². The van der Waals surface area contributed by atoms with Gasteiger partial charge in [0.15, 0.2) is 5.13 Å². The molecule has 4 rings (SSSR count). The van der Waals surface area contributed by atoms with Crippen LogP contribution in [-0.4, -0.2) is 26.8 Å². The van der Waals surface area contributed by atoms with Crippen LogP contribution >= 0.6 is 22.7 Å². The predicted molar refractivity (Wildman–Crippen MR) is 135 cm³/mol. The molecule has 34 heavy (non-hydrogen) atoms. The van der Waals surface area contributed by atoms with E-state index in [0.717, 1.165) is 27.3 Å². The number of benzene rings is 1. The van der Waals surface area contributed by atoms with E-state index in [4.69, 9.17) is 4.98 Å². The van der Waals surface area contributed by atoms with E-state index in [1.165, 1.54) is 35.7 Å². The molecule has 0 aliphatic rings. The summed E-state index contributed by atoms with van der Waals surface area (Å²) in [4.78, 5) is 39.3. The van der Waals surface area contributed by atoms with Crippen LogP contribution in [0.4, 0.5) is 15.2 Å². The van der Waals surface area contributed by atoms with Crippen LogP contribution in [0.25, 0.3) is 21.5 Å². The Morgan fingerprint density at radius 1 is 1.06 bits per heavy atom. The van der Waals surface area contributed by atoms with Gasteiger partial charge in [0, 0.05) is 34.4 Å². The topological polar surface area (TPSA) is 96.9 Å². The van der Waals surface area contributed by atoms with Crippen molar-refractivity contribution in [2.24, 2.45) is 0 Å². The summed E-state index contributed by atoms with van der Waals surface area (Å²) < 4.78 is 14.6. The molecule has 4 aromatic rings. The molecule has 0 saturated carbocycles. The van der Waals surface area contributed by atoms with Gasteiger partial charge in [0.05, 0.1) is 16.3 Å². The molecule has 0 spiro atoms. The second-order valence-electron chi connectivity index (χ2n) is 8.99. The molecule has 0 aliphatic heterocycles. The van der Waals surface area contributed by atoms with E-state index in [9.17, 15) is 14.0 Å². The maximum atomic E-state index is 14.6. The van der Waals surface area contributed by atoms with E-state index in [1.807, 2.05) is 13.8 Å². The smallest absolute Gasteiger partial charge is 0.267 e. The fourth-order valence-electron chi connectivity index (χ4n) is 3.50. The standard InChI is InChI=1S/C24H24FN5O2S2/c1-11-18-12(2)26-22(24(4,5)6)30-21(18)34-19(11)20(32)29-23-28-17(10-33-23)15-8-7-14(9-16(15)25)27-13(3)31/h7-10H,1-6H3,(H,27,31)(H,28,29,32). The molecule has 2 N–H and O–H groups in total. The van der Waals surface area contributed by atoms with Crippen molar-refractivity contribution in [3.63, 3.8) is 0 Å². The third-order valence-corrected chi connectivity index (χ3v) is 7.08. The number of fused-ring (bicyclic) bond motifs is 1. The zero-order chi connectivity index (χ0) is 24.8. The lowest BCUT2D eigenvalue weighted by molar-refractivity contribution is -0.114. The highest BCUT2D eigenvalue weighted by atomic mass is 32.1. The van der Waals surface area contributed by atoms with Gasteiger partial charge in [0.1, 0.15) is 16.5 Å². The Balaban J connectivity index is 1.59. The van der Waals surface area contributed by atoms with Gasteiger partial charge in [-0.1, -0.05) is 20.8 Å². The fourth-order valence-corrected chi connectivity index (χ4v) is 5.34. The Hall–Kier alpha value is -3.24. The molecule has 0 atom stereocenters. The molecule has 0 bridgehead atoms. The normalized spacial score (nSPS) is 11.6. The number of hydrogen-bond donors (Lipinski definition) is 2. The van der Waals surface area contributed by atoms with Gasteiger partial charge in [-0.25, -0.2) is 19.3 Å². The molecular weight excluding hydrogens is 473 g/mol. The van der Waals surface area contributed by atoms with Gasteiger partial charge in [-0.05, 0) is 37.6 Å². The summed E-state index contributed by atoms with van der Waals surface area (Å²) in [6, 6.07) is 4.39. The largest absolute Gasteiger partial charge is 0.326 e. The summed E-state index contributed by atoms with van der Waals surface area (Å²) in [5.41, 5.74) is 2.52. The molecule has 0 unspecified atom stereocenters. The van der Waals surface area contributed by atoms with Crippen LogP contribution in [0.15, 0.2) is 23.6 Å². The third-order valence-electron chi connectivity index (χ3n) is 5.14.